The Balaban J connectivity index is 2.04. The third-order valence-corrected chi connectivity index (χ3v) is 3.82. The monoisotopic (exact) mass is 321 g/mol. The largest absolute Gasteiger partial charge is 0.325 e. The lowest BCUT2D eigenvalue weighted by Gasteiger charge is -2.25. The van der Waals surface area contributed by atoms with Crippen LogP contribution in [0.5, 0.6) is 0 Å². The Bertz CT molecular complexity index is 511. The van der Waals surface area contributed by atoms with Gasteiger partial charge in [-0.25, -0.2) is 0 Å². The number of hydrogen-bond acceptors (Lipinski definition) is 1. The first-order valence-electron chi connectivity index (χ1n) is 5.37. The van der Waals surface area contributed by atoms with E-state index in [0.29, 0.717) is 6.04 Å². The molecule has 16 heavy (non-hydrogen) atoms. The first kappa shape index (κ1) is 10.1. The summed E-state index contributed by atoms with van der Waals surface area (Å²) in [6, 6.07) is 11.0. The fourth-order valence-corrected chi connectivity index (χ4v) is 3.24. The van der Waals surface area contributed by atoms with Crippen LogP contribution in [-0.2, 0) is 0 Å². The summed E-state index contributed by atoms with van der Waals surface area (Å²) < 4.78 is 1.30. The van der Waals surface area contributed by atoms with Gasteiger partial charge >= 0.3 is 0 Å². The van der Waals surface area contributed by atoms with Crippen LogP contribution >= 0.6 is 22.6 Å². The van der Waals surface area contributed by atoms with Gasteiger partial charge in [0.15, 0.2) is 0 Å². The highest BCUT2D eigenvalue weighted by Gasteiger charge is 2.30. The number of benzene rings is 1. The van der Waals surface area contributed by atoms with Gasteiger partial charge in [0.25, 0.3) is 0 Å². The van der Waals surface area contributed by atoms with Crippen LogP contribution < -0.4 is 4.90 Å². The van der Waals surface area contributed by atoms with Crippen LogP contribution in [0.15, 0.2) is 63.4 Å². The maximum Gasteiger partial charge on any atom is 0.0814 e. The minimum atomic E-state index is 0.411. The molecule has 1 atom stereocenters. The zero-order valence-electron chi connectivity index (χ0n) is 9.02. The molecule has 1 heterocycles. The Hall–Kier alpha value is -1.03. The van der Waals surface area contributed by atoms with Crippen molar-refractivity contribution < 1.29 is 0 Å². The van der Waals surface area contributed by atoms with Crippen molar-refractivity contribution in [3.63, 3.8) is 0 Å². The molecular weight excluding hydrogens is 309 g/mol. The number of nitrogens with zero attached hydrogens (tertiary/aromatic N) is 1. The minimum absolute atomic E-state index is 0.411. The van der Waals surface area contributed by atoms with E-state index in [9.17, 15) is 0 Å². The summed E-state index contributed by atoms with van der Waals surface area (Å²) in [4.78, 5) is 2.38. The van der Waals surface area contributed by atoms with E-state index in [1.165, 1.54) is 20.5 Å². The molecule has 0 N–H and O–H groups in total. The molecule has 0 aromatic heterocycles. The van der Waals surface area contributed by atoms with Crippen LogP contribution in [0.1, 0.15) is 6.92 Å². The molecule has 0 fully saturated rings. The van der Waals surface area contributed by atoms with Gasteiger partial charge in [0.2, 0.25) is 0 Å². The maximum atomic E-state index is 2.41. The quantitative estimate of drug-likeness (QED) is 0.557. The smallest absolute Gasteiger partial charge is 0.0814 e. The van der Waals surface area contributed by atoms with Crippen molar-refractivity contribution >= 4 is 28.3 Å². The number of para-hydroxylation sites is 1. The Kier molecular flexibility index (Phi) is 2.39. The molecule has 0 amide bonds. The highest BCUT2D eigenvalue weighted by Crippen LogP contribution is 2.39. The lowest BCUT2D eigenvalue weighted by molar-refractivity contribution is 0.949. The second-order valence-electron chi connectivity index (χ2n) is 4.17. The van der Waals surface area contributed by atoms with Crippen LogP contribution in [0.2, 0.25) is 0 Å². The van der Waals surface area contributed by atoms with Crippen molar-refractivity contribution in [1.29, 1.82) is 0 Å². The zero-order chi connectivity index (χ0) is 11.1. The predicted octanol–water partition coefficient (Wildman–Crippen LogP) is 4.04. The molecule has 1 unspecified atom stereocenters. The van der Waals surface area contributed by atoms with Crippen molar-refractivity contribution in [1.82, 2.24) is 0 Å². The maximum absolute atomic E-state index is 2.41. The number of halogens is 1. The van der Waals surface area contributed by atoms with Gasteiger partial charge in [-0.15, -0.1) is 0 Å². The summed E-state index contributed by atoms with van der Waals surface area (Å²) in [5, 5.41) is 0. The van der Waals surface area contributed by atoms with Crippen LogP contribution in [0, 0.1) is 0 Å². The van der Waals surface area contributed by atoms with Crippen molar-refractivity contribution in [2.24, 2.45) is 0 Å². The second-order valence-corrected chi connectivity index (χ2v) is 5.28. The number of anilines is 1. The number of rotatable bonds is 1. The van der Waals surface area contributed by atoms with Gasteiger partial charge in [0.1, 0.15) is 0 Å². The number of fused-ring (bicyclic) bond motifs is 1. The molecule has 0 spiro atoms. The number of hydrogen-bond donors (Lipinski definition) is 0. The summed E-state index contributed by atoms with van der Waals surface area (Å²) in [5.41, 5.74) is 4.04. The molecule has 1 nitrogen and oxygen atoms in total. The van der Waals surface area contributed by atoms with E-state index in [1.807, 2.05) is 0 Å². The lowest BCUT2D eigenvalue weighted by atomic mass is 10.1. The van der Waals surface area contributed by atoms with Gasteiger partial charge in [-0.3, -0.25) is 0 Å². The van der Waals surface area contributed by atoms with Crippen LogP contribution in [0.25, 0.3) is 0 Å². The Labute approximate surface area is 109 Å². The van der Waals surface area contributed by atoms with Gasteiger partial charge in [0.05, 0.1) is 9.75 Å². The van der Waals surface area contributed by atoms with E-state index in [2.05, 4.69) is 83.0 Å². The lowest BCUT2D eigenvalue weighted by Crippen LogP contribution is -2.26. The predicted molar refractivity (Wildman–Crippen MR) is 76.7 cm³/mol. The van der Waals surface area contributed by atoms with Crippen LogP contribution in [0.3, 0.4) is 0 Å². The summed E-state index contributed by atoms with van der Waals surface area (Å²) in [7, 11) is 0. The molecule has 0 radical (unpaired) electrons. The molecule has 0 saturated carbocycles. The summed E-state index contributed by atoms with van der Waals surface area (Å²) in [6.07, 6.45) is 6.86. The topological polar surface area (TPSA) is 3.24 Å². The molecule has 1 aliphatic carbocycles. The zero-order valence-corrected chi connectivity index (χ0v) is 11.2. The van der Waals surface area contributed by atoms with Gasteiger partial charge < -0.3 is 4.90 Å². The highest BCUT2D eigenvalue weighted by molar-refractivity contribution is 14.1. The molecule has 1 aromatic rings. The molecule has 0 saturated heterocycles. The van der Waals surface area contributed by atoms with E-state index in [1.54, 1.807) is 0 Å². The van der Waals surface area contributed by atoms with Gasteiger partial charge in [-0.2, -0.15) is 0 Å². The first-order chi connectivity index (χ1) is 7.75. The van der Waals surface area contributed by atoms with Gasteiger partial charge in [-0.05, 0) is 53.3 Å². The van der Waals surface area contributed by atoms with E-state index >= 15 is 0 Å². The fraction of sp³-hybridized carbons (Fsp3) is 0.143. The SMILES string of the molecule is CC1=CC2C(=C1)C=C(I)N2c1ccccc1. The van der Waals surface area contributed by atoms with E-state index in [0.717, 1.165) is 0 Å². The van der Waals surface area contributed by atoms with Crippen LogP contribution in [-0.4, -0.2) is 6.04 Å². The molecule has 1 aliphatic heterocycles. The molecule has 0 bridgehead atoms. The average Bonchev–Trinajstić information content (AvgIpc) is 2.74. The van der Waals surface area contributed by atoms with Crippen molar-refractivity contribution in [3.05, 3.63) is 63.4 Å². The Morgan fingerprint density at radius 3 is 2.62 bits per heavy atom. The normalized spacial score (nSPS) is 22.8. The third-order valence-electron chi connectivity index (χ3n) is 2.99. The molecule has 2 aliphatic rings. The molecular formula is C14H12IN. The molecule has 80 valence electrons. The molecule has 1 aromatic carbocycles. The summed E-state index contributed by atoms with van der Waals surface area (Å²) in [6.45, 7) is 2.16. The van der Waals surface area contributed by atoms with Crippen molar-refractivity contribution in [2.45, 2.75) is 13.0 Å². The minimum Gasteiger partial charge on any atom is -0.325 e. The van der Waals surface area contributed by atoms with Gasteiger partial charge in [-0.1, -0.05) is 35.9 Å². The molecule has 3 rings (SSSR count). The van der Waals surface area contributed by atoms with Crippen LogP contribution in [0.4, 0.5) is 5.69 Å². The third kappa shape index (κ3) is 1.52. The molecule has 2 heteroatoms. The number of allylic oxidation sites excluding steroid dienone is 2. The summed E-state index contributed by atoms with van der Waals surface area (Å²) >= 11 is 2.41. The van der Waals surface area contributed by atoms with Crippen molar-refractivity contribution in [3.8, 4) is 0 Å². The van der Waals surface area contributed by atoms with E-state index < -0.39 is 0 Å². The summed E-state index contributed by atoms with van der Waals surface area (Å²) in [5.74, 6) is 0. The van der Waals surface area contributed by atoms with Gasteiger partial charge in [0, 0.05) is 5.69 Å². The Morgan fingerprint density at radius 2 is 1.88 bits per heavy atom. The van der Waals surface area contributed by atoms with Crippen molar-refractivity contribution in [2.75, 3.05) is 4.90 Å². The van der Waals surface area contributed by atoms with E-state index in [4.69, 9.17) is 0 Å². The highest BCUT2D eigenvalue weighted by atomic mass is 127. The first-order valence-corrected chi connectivity index (χ1v) is 6.45. The second kappa shape index (κ2) is 3.77. The van der Waals surface area contributed by atoms with E-state index in [-0.39, 0.29) is 0 Å². The standard InChI is InChI=1S/C14H12IN/c1-10-7-11-9-14(15)16(13(11)8-10)12-5-3-2-4-6-12/h2-9,13H,1H3. The Morgan fingerprint density at radius 1 is 1.12 bits per heavy atom. The fourth-order valence-electron chi connectivity index (χ4n) is 2.30. The average molecular weight is 321 g/mol.